The molecule has 0 unspecified atom stereocenters. The molecule has 21 heavy (non-hydrogen) atoms. The number of hydrogen-bond acceptors (Lipinski definition) is 3. The molecule has 0 atom stereocenters. The highest BCUT2D eigenvalue weighted by atomic mass is 35.5. The minimum absolute atomic E-state index is 0.0539. The van der Waals surface area contributed by atoms with Crippen molar-refractivity contribution in [3.05, 3.63) is 59.1 Å². The summed E-state index contributed by atoms with van der Waals surface area (Å²) in [7, 11) is 0. The first-order chi connectivity index (χ1) is 10.1. The SMILES string of the molecule is O=C(COc1cccc(Cl)c1C(=O)O)Nc1ccccc1. The molecule has 6 heteroatoms. The Kier molecular flexibility index (Phi) is 4.79. The molecule has 108 valence electrons. The van der Waals surface area contributed by atoms with E-state index in [0.717, 1.165) is 0 Å². The highest BCUT2D eigenvalue weighted by Crippen LogP contribution is 2.26. The molecule has 0 saturated carbocycles. The zero-order valence-corrected chi connectivity index (χ0v) is 11.6. The lowest BCUT2D eigenvalue weighted by atomic mass is 10.2. The van der Waals surface area contributed by atoms with Crippen LogP contribution in [0.25, 0.3) is 0 Å². The molecule has 0 heterocycles. The van der Waals surface area contributed by atoms with E-state index in [1.54, 1.807) is 30.3 Å². The molecule has 2 aromatic rings. The molecule has 2 aromatic carbocycles. The number of halogens is 1. The predicted molar refractivity (Wildman–Crippen MR) is 79.0 cm³/mol. The fraction of sp³-hybridized carbons (Fsp3) is 0.0667. The average molecular weight is 306 g/mol. The van der Waals surface area contributed by atoms with Crippen molar-refractivity contribution in [1.29, 1.82) is 0 Å². The Balaban J connectivity index is 2.02. The van der Waals surface area contributed by atoms with Crippen molar-refractivity contribution < 1.29 is 19.4 Å². The Hall–Kier alpha value is -2.53. The Morgan fingerprint density at radius 3 is 2.48 bits per heavy atom. The summed E-state index contributed by atoms with van der Waals surface area (Å²) in [6.45, 7) is -0.310. The Morgan fingerprint density at radius 2 is 1.81 bits per heavy atom. The molecule has 5 nitrogen and oxygen atoms in total. The van der Waals surface area contributed by atoms with Crippen LogP contribution in [-0.2, 0) is 4.79 Å². The van der Waals surface area contributed by atoms with Gasteiger partial charge in [-0.05, 0) is 24.3 Å². The lowest BCUT2D eigenvalue weighted by Crippen LogP contribution is -2.20. The van der Waals surface area contributed by atoms with Crippen molar-refractivity contribution in [2.45, 2.75) is 0 Å². The maximum atomic E-state index is 11.7. The number of nitrogens with one attached hydrogen (secondary N) is 1. The number of carboxylic acid groups (broad SMARTS) is 1. The van der Waals surface area contributed by atoms with E-state index in [-0.39, 0.29) is 22.9 Å². The number of carbonyl (C=O) groups excluding carboxylic acids is 1. The first-order valence-corrected chi connectivity index (χ1v) is 6.45. The number of carbonyl (C=O) groups is 2. The maximum Gasteiger partial charge on any atom is 0.341 e. The fourth-order valence-electron chi connectivity index (χ4n) is 1.69. The lowest BCUT2D eigenvalue weighted by molar-refractivity contribution is -0.118. The van der Waals surface area contributed by atoms with Crippen LogP contribution in [0.15, 0.2) is 48.5 Å². The van der Waals surface area contributed by atoms with Gasteiger partial charge in [0.05, 0.1) is 5.02 Å². The summed E-state index contributed by atoms with van der Waals surface area (Å²) in [4.78, 5) is 22.8. The smallest absolute Gasteiger partial charge is 0.341 e. The van der Waals surface area contributed by atoms with Crippen LogP contribution in [0.3, 0.4) is 0 Å². The monoisotopic (exact) mass is 305 g/mol. The summed E-state index contributed by atoms with van der Waals surface area (Å²) in [5, 5.41) is 11.8. The van der Waals surface area contributed by atoms with E-state index in [9.17, 15) is 9.59 Å². The molecule has 2 N–H and O–H groups in total. The summed E-state index contributed by atoms with van der Waals surface area (Å²) in [5.74, 6) is -1.55. The molecule has 0 aliphatic heterocycles. The fourth-order valence-corrected chi connectivity index (χ4v) is 1.94. The summed E-state index contributed by atoms with van der Waals surface area (Å²) < 4.78 is 5.24. The van der Waals surface area contributed by atoms with Gasteiger partial charge in [-0.1, -0.05) is 35.9 Å². The number of anilines is 1. The number of aromatic carboxylic acids is 1. The van der Waals surface area contributed by atoms with Gasteiger partial charge in [0.15, 0.2) is 6.61 Å². The first kappa shape index (κ1) is 14.9. The van der Waals surface area contributed by atoms with Gasteiger partial charge in [0.25, 0.3) is 5.91 Å². The van der Waals surface area contributed by atoms with E-state index in [4.69, 9.17) is 21.4 Å². The van der Waals surface area contributed by atoms with E-state index in [0.29, 0.717) is 5.69 Å². The predicted octanol–water partition coefficient (Wildman–Crippen LogP) is 3.06. The lowest BCUT2D eigenvalue weighted by Gasteiger charge is -2.10. The summed E-state index contributed by atoms with van der Waals surface area (Å²) in [6.07, 6.45) is 0. The third-order valence-corrected chi connectivity index (χ3v) is 2.92. The van der Waals surface area contributed by atoms with Crippen molar-refractivity contribution >= 4 is 29.2 Å². The van der Waals surface area contributed by atoms with Crippen LogP contribution < -0.4 is 10.1 Å². The maximum absolute atomic E-state index is 11.7. The van der Waals surface area contributed by atoms with Gasteiger partial charge < -0.3 is 15.2 Å². The molecule has 0 aromatic heterocycles. The zero-order valence-electron chi connectivity index (χ0n) is 10.9. The number of ether oxygens (including phenoxy) is 1. The van der Waals surface area contributed by atoms with Crippen LogP contribution in [0.4, 0.5) is 5.69 Å². The van der Waals surface area contributed by atoms with Gasteiger partial charge in [0, 0.05) is 5.69 Å². The van der Waals surface area contributed by atoms with Crippen LogP contribution in [0.5, 0.6) is 5.75 Å². The topological polar surface area (TPSA) is 75.6 Å². The largest absolute Gasteiger partial charge is 0.483 e. The molecule has 0 fully saturated rings. The highest BCUT2D eigenvalue weighted by molar-refractivity contribution is 6.33. The Labute approximate surface area is 126 Å². The molecule has 0 radical (unpaired) electrons. The minimum atomic E-state index is -1.21. The van der Waals surface area contributed by atoms with Crippen molar-refractivity contribution in [3.8, 4) is 5.75 Å². The molecule has 0 aliphatic rings. The second kappa shape index (κ2) is 6.76. The summed E-state index contributed by atoms with van der Waals surface area (Å²) >= 11 is 5.81. The van der Waals surface area contributed by atoms with Crippen molar-refractivity contribution in [3.63, 3.8) is 0 Å². The Bertz CT molecular complexity index is 658. The third-order valence-electron chi connectivity index (χ3n) is 2.61. The van der Waals surface area contributed by atoms with E-state index in [2.05, 4.69) is 5.32 Å². The van der Waals surface area contributed by atoms with Crippen LogP contribution in [0.2, 0.25) is 5.02 Å². The van der Waals surface area contributed by atoms with Gasteiger partial charge in [-0.2, -0.15) is 0 Å². The molecular weight excluding hydrogens is 294 g/mol. The zero-order chi connectivity index (χ0) is 15.2. The van der Waals surface area contributed by atoms with E-state index in [1.807, 2.05) is 6.07 Å². The highest BCUT2D eigenvalue weighted by Gasteiger charge is 2.16. The summed E-state index contributed by atoms with van der Waals surface area (Å²) in [6, 6.07) is 13.3. The number of para-hydroxylation sites is 1. The summed E-state index contributed by atoms with van der Waals surface area (Å²) in [5.41, 5.74) is 0.474. The van der Waals surface area contributed by atoms with E-state index < -0.39 is 11.9 Å². The van der Waals surface area contributed by atoms with Gasteiger partial charge in [0.2, 0.25) is 0 Å². The molecule has 0 saturated heterocycles. The number of hydrogen-bond donors (Lipinski definition) is 2. The molecule has 0 aliphatic carbocycles. The molecular formula is C15H12ClNO4. The average Bonchev–Trinajstić information content (AvgIpc) is 2.45. The number of benzene rings is 2. The van der Waals surface area contributed by atoms with E-state index in [1.165, 1.54) is 12.1 Å². The molecule has 0 bridgehead atoms. The van der Waals surface area contributed by atoms with Gasteiger partial charge >= 0.3 is 5.97 Å². The number of carboxylic acids is 1. The van der Waals surface area contributed by atoms with E-state index >= 15 is 0 Å². The number of rotatable bonds is 5. The quantitative estimate of drug-likeness (QED) is 0.890. The number of amides is 1. The van der Waals surface area contributed by atoms with Gasteiger partial charge in [-0.3, -0.25) is 4.79 Å². The van der Waals surface area contributed by atoms with Crippen LogP contribution in [-0.4, -0.2) is 23.6 Å². The van der Waals surface area contributed by atoms with Crippen LogP contribution in [0, 0.1) is 0 Å². The molecule has 2 rings (SSSR count). The van der Waals surface area contributed by atoms with Gasteiger partial charge in [-0.15, -0.1) is 0 Å². The normalized spacial score (nSPS) is 9.95. The third kappa shape index (κ3) is 3.97. The minimum Gasteiger partial charge on any atom is -0.483 e. The van der Waals surface area contributed by atoms with Crippen molar-refractivity contribution in [2.24, 2.45) is 0 Å². The van der Waals surface area contributed by atoms with Crippen molar-refractivity contribution in [1.82, 2.24) is 0 Å². The van der Waals surface area contributed by atoms with Gasteiger partial charge in [0.1, 0.15) is 11.3 Å². The molecule has 0 spiro atoms. The Morgan fingerprint density at radius 1 is 1.10 bits per heavy atom. The van der Waals surface area contributed by atoms with Gasteiger partial charge in [-0.25, -0.2) is 4.79 Å². The van der Waals surface area contributed by atoms with Crippen LogP contribution in [0.1, 0.15) is 10.4 Å². The first-order valence-electron chi connectivity index (χ1n) is 6.07. The second-order valence-corrected chi connectivity index (χ2v) is 4.53. The van der Waals surface area contributed by atoms with Crippen LogP contribution >= 0.6 is 11.6 Å². The molecule has 1 amide bonds. The van der Waals surface area contributed by atoms with Crippen molar-refractivity contribution in [2.75, 3.05) is 11.9 Å². The second-order valence-electron chi connectivity index (χ2n) is 4.12. The standard InChI is InChI=1S/C15H12ClNO4/c16-11-7-4-8-12(14(11)15(19)20)21-9-13(18)17-10-5-2-1-3-6-10/h1-8H,9H2,(H,17,18)(H,19,20).